The largest absolute Gasteiger partial charge is 0.493 e. The number of hydrogen-bond acceptors (Lipinski definition) is 3. The summed E-state index contributed by atoms with van der Waals surface area (Å²) in [5.74, 6) is 1.60. The van der Waals surface area contributed by atoms with Crippen molar-refractivity contribution in [1.82, 2.24) is 5.32 Å². The Labute approximate surface area is 173 Å². The fourth-order valence-corrected chi connectivity index (χ4v) is 3.62. The van der Waals surface area contributed by atoms with E-state index in [0.717, 1.165) is 34.2 Å². The fourth-order valence-electron chi connectivity index (χ4n) is 3.50. The molecule has 0 amide bonds. The SMILES string of the molecule is COc1cccc(CNC2CCCCCC2)c1OCc1ccc(Cl)cc1.Cl. The Morgan fingerprint density at radius 1 is 1.00 bits per heavy atom. The topological polar surface area (TPSA) is 30.5 Å². The molecular weight excluding hydrogens is 381 g/mol. The van der Waals surface area contributed by atoms with E-state index < -0.39 is 0 Å². The molecule has 27 heavy (non-hydrogen) atoms. The van der Waals surface area contributed by atoms with Crippen LogP contribution in [0.2, 0.25) is 5.02 Å². The van der Waals surface area contributed by atoms with Gasteiger partial charge in [0.15, 0.2) is 11.5 Å². The third-order valence-corrected chi connectivity index (χ3v) is 5.27. The predicted molar refractivity (Wildman–Crippen MR) is 114 cm³/mol. The van der Waals surface area contributed by atoms with Gasteiger partial charge < -0.3 is 14.8 Å². The number of nitrogens with one attached hydrogen (secondary N) is 1. The van der Waals surface area contributed by atoms with Gasteiger partial charge in [-0.15, -0.1) is 12.4 Å². The molecule has 0 bridgehead atoms. The summed E-state index contributed by atoms with van der Waals surface area (Å²) in [6, 6.07) is 14.4. The number of para-hydroxylation sites is 1. The zero-order valence-corrected chi connectivity index (χ0v) is 17.5. The first kappa shape index (κ1) is 21.9. The minimum atomic E-state index is 0. The van der Waals surface area contributed by atoms with E-state index in [1.807, 2.05) is 36.4 Å². The van der Waals surface area contributed by atoms with E-state index in [-0.39, 0.29) is 12.4 Å². The van der Waals surface area contributed by atoms with Crippen molar-refractivity contribution in [3.05, 3.63) is 58.6 Å². The number of benzene rings is 2. The van der Waals surface area contributed by atoms with Crippen molar-refractivity contribution in [2.45, 2.75) is 57.7 Å². The second-order valence-electron chi connectivity index (χ2n) is 6.93. The number of hydrogen-bond donors (Lipinski definition) is 1. The van der Waals surface area contributed by atoms with Gasteiger partial charge in [0.05, 0.1) is 7.11 Å². The van der Waals surface area contributed by atoms with Crippen molar-refractivity contribution in [2.24, 2.45) is 0 Å². The van der Waals surface area contributed by atoms with Gasteiger partial charge in [0, 0.05) is 23.2 Å². The summed E-state index contributed by atoms with van der Waals surface area (Å²) >= 11 is 5.96. The molecule has 1 N–H and O–H groups in total. The number of halogens is 2. The van der Waals surface area contributed by atoms with Crippen LogP contribution in [0.3, 0.4) is 0 Å². The van der Waals surface area contributed by atoms with Crippen LogP contribution < -0.4 is 14.8 Å². The molecule has 5 heteroatoms. The molecule has 0 aromatic heterocycles. The van der Waals surface area contributed by atoms with Crippen molar-refractivity contribution < 1.29 is 9.47 Å². The Kier molecular flexibility index (Phi) is 9.26. The van der Waals surface area contributed by atoms with Crippen LogP contribution in [-0.2, 0) is 13.2 Å². The lowest BCUT2D eigenvalue weighted by atomic mass is 10.1. The monoisotopic (exact) mass is 409 g/mol. The molecule has 1 aliphatic rings. The summed E-state index contributed by atoms with van der Waals surface area (Å²) in [7, 11) is 1.69. The third kappa shape index (κ3) is 6.60. The van der Waals surface area contributed by atoms with E-state index in [1.165, 1.54) is 38.5 Å². The van der Waals surface area contributed by atoms with Crippen molar-refractivity contribution >= 4 is 24.0 Å². The van der Waals surface area contributed by atoms with E-state index in [1.54, 1.807) is 7.11 Å². The van der Waals surface area contributed by atoms with Gasteiger partial charge in [-0.1, -0.05) is 61.5 Å². The summed E-state index contributed by atoms with van der Waals surface area (Å²) in [5.41, 5.74) is 2.23. The van der Waals surface area contributed by atoms with E-state index in [9.17, 15) is 0 Å². The summed E-state index contributed by atoms with van der Waals surface area (Å²) in [5, 5.41) is 4.46. The van der Waals surface area contributed by atoms with Gasteiger partial charge >= 0.3 is 0 Å². The first-order valence-electron chi connectivity index (χ1n) is 9.53. The molecule has 0 heterocycles. The molecule has 0 unspecified atom stereocenters. The summed E-state index contributed by atoms with van der Waals surface area (Å²) in [4.78, 5) is 0. The van der Waals surface area contributed by atoms with Crippen molar-refractivity contribution in [3.63, 3.8) is 0 Å². The lowest BCUT2D eigenvalue weighted by Gasteiger charge is -2.19. The summed E-state index contributed by atoms with van der Waals surface area (Å²) < 4.78 is 11.7. The van der Waals surface area contributed by atoms with Crippen LogP contribution in [0.25, 0.3) is 0 Å². The quantitative estimate of drug-likeness (QED) is 0.555. The minimum Gasteiger partial charge on any atom is -0.493 e. The average Bonchev–Trinajstić information content (AvgIpc) is 2.95. The Balaban J connectivity index is 0.00000261. The molecule has 0 radical (unpaired) electrons. The lowest BCUT2D eigenvalue weighted by Crippen LogP contribution is -2.28. The van der Waals surface area contributed by atoms with Crippen LogP contribution in [0.4, 0.5) is 0 Å². The van der Waals surface area contributed by atoms with E-state index in [0.29, 0.717) is 12.6 Å². The predicted octanol–water partition coefficient (Wildman–Crippen LogP) is 6.16. The Morgan fingerprint density at radius 3 is 2.37 bits per heavy atom. The summed E-state index contributed by atoms with van der Waals surface area (Å²) in [6.07, 6.45) is 7.93. The molecule has 1 fully saturated rings. The van der Waals surface area contributed by atoms with Crippen LogP contribution >= 0.6 is 24.0 Å². The highest BCUT2D eigenvalue weighted by molar-refractivity contribution is 6.30. The molecule has 0 saturated heterocycles. The van der Waals surface area contributed by atoms with Gasteiger partial charge in [0.1, 0.15) is 6.61 Å². The highest BCUT2D eigenvalue weighted by Gasteiger charge is 2.15. The number of methoxy groups -OCH3 is 1. The van der Waals surface area contributed by atoms with E-state index in [2.05, 4.69) is 11.4 Å². The minimum absolute atomic E-state index is 0. The van der Waals surface area contributed by atoms with Crippen LogP contribution in [0.1, 0.15) is 49.7 Å². The molecule has 1 aliphatic carbocycles. The Morgan fingerprint density at radius 2 is 1.70 bits per heavy atom. The molecule has 1 saturated carbocycles. The molecule has 148 valence electrons. The van der Waals surface area contributed by atoms with E-state index in [4.69, 9.17) is 21.1 Å². The maximum absolute atomic E-state index is 6.14. The molecule has 0 spiro atoms. The first-order chi connectivity index (χ1) is 12.8. The van der Waals surface area contributed by atoms with Gasteiger partial charge in [0.2, 0.25) is 0 Å². The highest BCUT2D eigenvalue weighted by Crippen LogP contribution is 2.32. The Hall–Kier alpha value is -1.42. The zero-order valence-electron chi connectivity index (χ0n) is 15.9. The standard InChI is InChI=1S/C22H28ClNO2.ClH/c1-25-21-10-6-7-18(15-24-20-8-4-2-3-5-9-20)22(21)26-16-17-11-13-19(23)14-12-17;/h6-7,10-14,20,24H,2-5,8-9,15-16H2,1H3;1H. The maximum atomic E-state index is 6.14. The number of rotatable bonds is 7. The molecule has 2 aromatic carbocycles. The smallest absolute Gasteiger partial charge is 0.166 e. The normalized spacial score (nSPS) is 14.9. The molecule has 0 aliphatic heterocycles. The molecule has 3 rings (SSSR count). The van der Waals surface area contributed by atoms with Crippen LogP contribution in [0, 0.1) is 0 Å². The van der Waals surface area contributed by atoms with Crippen molar-refractivity contribution in [3.8, 4) is 11.5 Å². The fraction of sp³-hybridized carbons (Fsp3) is 0.455. The molecule has 0 atom stereocenters. The van der Waals surface area contributed by atoms with Gasteiger partial charge in [0.25, 0.3) is 0 Å². The van der Waals surface area contributed by atoms with Gasteiger partial charge in [-0.2, -0.15) is 0 Å². The van der Waals surface area contributed by atoms with Crippen LogP contribution in [0.15, 0.2) is 42.5 Å². The van der Waals surface area contributed by atoms with Crippen molar-refractivity contribution in [2.75, 3.05) is 7.11 Å². The van der Waals surface area contributed by atoms with E-state index >= 15 is 0 Å². The first-order valence-corrected chi connectivity index (χ1v) is 9.90. The molecule has 2 aromatic rings. The second kappa shape index (κ2) is 11.4. The third-order valence-electron chi connectivity index (χ3n) is 5.01. The Bertz CT molecular complexity index is 683. The van der Waals surface area contributed by atoms with Gasteiger partial charge in [-0.3, -0.25) is 0 Å². The van der Waals surface area contributed by atoms with Crippen molar-refractivity contribution in [1.29, 1.82) is 0 Å². The zero-order chi connectivity index (χ0) is 18.2. The summed E-state index contributed by atoms with van der Waals surface area (Å²) in [6.45, 7) is 1.30. The molecule has 3 nitrogen and oxygen atoms in total. The average molecular weight is 410 g/mol. The van der Waals surface area contributed by atoms with Gasteiger partial charge in [-0.25, -0.2) is 0 Å². The molecular formula is C22H29Cl2NO2. The lowest BCUT2D eigenvalue weighted by molar-refractivity contribution is 0.280. The van der Waals surface area contributed by atoms with Crippen LogP contribution in [-0.4, -0.2) is 13.2 Å². The number of ether oxygens (including phenoxy) is 2. The highest BCUT2D eigenvalue weighted by atomic mass is 35.5. The van der Waals surface area contributed by atoms with Gasteiger partial charge in [-0.05, 0) is 36.6 Å². The van der Waals surface area contributed by atoms with Crippen LogP contribution in [0.5, 0.6) is 11.5 Å². The maximum Gasteiger partial charge on any atom is 0.166 e. The second-order valence-corrected chi connectivity index (χ2v) is 7.37.